The smallest absolute Gasteiger partial charge is 0.269 e. The third kappa shape index (κ3) is 2.87. The maximum Gasteiger partial charge on any atom is 0.269 e. The Balaban J connectivity index is 2.33. The van der Waals surface area contributed by atoms with Gasteiger partial charge in [0, 0.05) is 36.0 Å². The summed E-state index contributed by atoms with van der Waals surface area (Å²) >= 11 is 0. The van der Waals surface area contributed by atoms with E-state index in [0.717, 1.165) is 25.1 Å². The third-order valence-electron chi connectivity index (χ3n) is 3.86. The molecule has 19 heavy (non-hydrogen) atoms. The van der Waals surface area contributed by atoms with Crippen LogP contribution >= 0.6 is 0 Å². The largest absolute Gasteiger partial charge is 0.392 e. The zero-order valence-electron chi connectivity index (χ0n) is 11.2. The van der Waals surface area contributed by atoms with Gasteiger partial charge in [-0.1, -0.05) is 12.8 Å². The topological polar surface area (TPSA) is 66.6 Å². The Hall–Kier alpha value is -1.62. The van der Waals surface area contributed by atoms with Crippen molar-refractivity contribution in [3.63, 3.8) is 0 Å². The van der Waals surface area contributed by atoms with Gasteiger partial charge in [-0.3, -0.25) is 10.1 Å². The maximum absolute atomic E-state index is 10.8. The molecule has 1 aliphatic carbocycles. The van der Waals surface area contributed by atoms with Crippen LogP contribution in [0.25, 0.3) is 0 Å². The number of rotatable bonds is 5. The first kappa shape index (κ1) is 13.8. The molecule has 5 nitrogen and oxygen atoms in total. The summed E-state index contributed by atoms with van der Waals surface area (Å²) in [6, 6.07) is 5.27. The number of hydrogen-bond donors (Lipinski definition) is 1. The minimum Gasteiger partial charge on any atom is -0.392 e. The molecule has 1 aliphatic rings. The van der Waals surface area contributed by atoms with E-state index in [2.05, 4.69) is 11.8 Å². The number of non-ortho nitro benzene ring substituents is 1. The van der Waals surface area contributed by atoms with E-state index >= 15 is 0 Å². The molecule has 0 aliphatic heterocycles. The first-order chi connectivity index (χ1) is 9.17. The fraction of sp³-hybridized carbons (Fsp3) is 0.571. The van der Waals surface area contributed by atoms with E-state index in [1.807, 2.05) is 0 Å². The second kappa shape index (κ2) is 6.02. The Morgan fingerprint density at radius 3 is 2.63 bits per heavy atom. The Morgan fingerprint density at radius 1 is 1.42 bits per heavy atom. The lowest BCUT2D eigenvalue weighted by Gasteiger charge is -2.31. The van der Waals surface area contributed by atoms with Crippen molar-refractivity contribution in [3.8, 4) is 0 Å². The predicted octanol–water partition coefficient (Wildman–Crippen LogP) is 2.86. The van der Waals surface area contributed by atoms with Gasteiger partial charge in [0.25, 0.3) is 5.69 Å². The molecule has 2 rings (SSSR count). The third-order valence-corrected chi connectivity index (χ3v) is 3.86. The maximum atomic E-state index is 10.8. The molecule has 1 N–H and O–H groups in total. The molecular formula is C14H20N2O3. The highest BCUT2D eigenvalue weighted by Crippen LogP contribution is 2.32. The number of hydrogen-bond acceptors (Lipinski definition) is 4. The van der Waals surface area contributed by atoms with Crippen LogP contribution < -0.4 is 4.90 Å². The Labute approximate surface area is 113 Å². The highest BCUT2D eigenvalue weighted by molar-refractivity contribution is 5.58. The van der Waals surface area contributed by atoms with Crippen LogP contribution in [0.1, 0.15) is 38.2 Å². The highest BCUT2D eigenvalue weighted by atomic mass is 16.6. The fourth-order valence-electron chi connectivity index (χ4n) is 2.93. The summed E-state index contributed by atoms with van der Waals surface area (Å²) in [7, 11) is 0. The van der Waals surface area contributed by atoms with E-state index in [4.69, 9.17) is 0 Å². The minimum absolute atomic E-state index is 0.0373. The molecule has 1 fully saturated rings. The lowest BCUT2D eigenvalue weighted by atomic mass is 10.1. The second-order valence-electron chi connectivity index (χ2n) is 4.95. The predicted molar refractivity (Wildman–Crippen MR) is 74.3 cm³/mol. The summed E-state index contributed by atoms with van der Waals surface area (Å²) in [5.41, 5.74) is 1.61. The number of nitro groups is 1. The molecular weight excluding hydrogens is 244 g/mol. The molecule has 5 heteroatoms. The van der Waals surface area contributed by atoms with Crippen LogP contribution in [0.5, 0.6) is 0 Å². The van der Waals surface area contributed by atoms with Crippen molar-refractivity contribution >= 4 is 11.4 Å². The van der Waals surface area contributed by atoms with Crippen LogP contribution in [0.2, 0.25) is 0 Å². The summed E-state index contributed by atoms with van der Waals surface area (Å²) in [6.45, 7) is 2.77. The van der Waals surface area contributed by atoms with Crippen molar-refractivity contribution in [1.29, 1.82) is 0 Å². The highest BCUT2D eigenvalue weighted by Gasteiger charge is 2.24. The van der Waals surface area contributed by atoms with Gasteiger partial charge in [0.2, 0.25) is 0 Å². The fourth-order valence-corrected chi connectivity index (χ4v) is 2.93. The SMILES string of the molecule is CCN(c1ccc([N+](=O)[O-])cc1CO)C1CCCC1. The van der Waals surface area contributed by atoms with E-state index in [9.17, 15) is 15.2 Å². The number of aliphatic hydroxyl groups excluding tert-OH is 1. The molecule has 0 radical (unpaired) electrons. The van der Waals surface area contributed by atoms with E-state index in [0.29, 0.717) is 11.6 Å². The Bertz CT molecular complexity index is 456. The van der Waals surface area contributed by atoms with Crippen molar-refractivity contribution in [3.05, 3.63) is 33.9 Å². The molecule has 0 amide bonds. The molecule has 1 saturated carbocycles. The van der Waals surface area contributed by atoms with Crippen LogP contribution in [0.3, 0.4) is 0 Å². The Morgan fingerprint density at radius 2 is 2.11 bits per heavy atom. The van der Waals surface area contributed by atoms with Crippen molar-refractivity contribution < 1.29 is 10.0 Å². The molecule has 0 saturated heterocycles. The van der Waals surface area contributed by atoms with Crippen LogP contribution in [0.4, 0.5) is 11.4 Å². The molecule has 0 spiro atoms. The number of anilines is 1. The summed E-state index contributed by atoms with van der Waals surface area (Å²) in [5, 5.41) is 20.2. The summed E-state index contributed by atoms with van der Waals surface area (Å²) in [4.78, 5) is 12.6. The van der Waals surface area contributed by atoms with Crippen LogP contribution in [-0.2, 0) is 6.61 Å². The van der Waals surface area contributed by atoms with Crippen LogP contribution in [-0.4, -0.2) is 22.6 Å². The summed E-state index contributed by atoms with van der Waals surface area (Å²) < 4.78 is 0. The number of benzene rings is 1. The van der Waals surface area contributed by atoms with E-state index in [1.54, 1.807) is 6.07 Å². The molecule has 0 atom stereocenters. The number of nitro benzene ring substituents is 1. The van der Waals surface area contributed by atoms with Crippen molar-refractivity contribution in [1.82, 2.24) is 0 Å². The second-order valence-corrected chi connectivity index (χ2v) is 4.95. The summed E-state index contributed by atoms with van der Waals surface area (Å²) in [5.74, 6) is 0. The zero-order chi connectivity index (χ0) is 13.8. The van der Waals surface area contributed by atoms with Crippen LogP contribution in [0.15, 0.2) is 18.2 Å². The molecule has 0 aromatic heterocycles. The quantitative estimate of drug-likeness (QED) is 0.656. The summed E-state index contributed by atoms with van der Waals surface area (Å²) in [6.07, 6.45) is 4.80. The lowest BCUT2D eigenvalue weighted by molar-refractivity contribution is -0.384. The van der Waals surface area contributed by atoms with Gasteiger partial charge in [0.05, 0.1) is 11.5 Å². The average molecular weight is 264 g/mol. The van der Waals surface area contributed by atoms with Gasteiger partial charge in [-0.25, -0.2) is 0 Å². The molecule has 1 aromatic carbocycles. The first-order valence-corrected chi connectivity index (χ1v) is 6.82. The van der Waals surface area contributed by atoms with E-state index in [1.165, 1.54) is 25.0 Å². The van der Waals surface area contributed by atoms with Crippen LogP contribution in [0, 0.1) is 10.1 Å². The number of nitrogens with zero attached hydrogens (tertiary/aromatic N) is 2. The lowest BCUT2D eigenvalue weighted by Crippen LogP contribution is -2.33. The monoisotopic (exact) mass is 264 g/mol. The molecule has 1 aromatic rings. The van der Waals surface area contributed by atoms with Gasteiger partial charge in [-0.2, -0.15) is 0 Å². The van der Waals surface area contributed by atoms with Gasteiger partial charge >= 0.3 is 0 Å². The molecule has 0 heterocycles. The zero-order valence-corrected chi connectivity index (χ0v) is 11.2. The van der Waals surface area contributed by atoms with Crippen molar-refractivity contribution in [2.75, 3.05) is 11.4 Å². The molecule has 0 unspecified atom stereocenters. The van der Waals surface area contributed by atoms with Gasteiger partial charge < -0.3 is 10.0 Å². The molecule has 104 valence electrons. The van der Waals surface area contributed by atoms with E-state index < -0.39 is 4.92 Å². The van der Waals surface area contributed by atoms with Gasteiger partial charge in [0.15, 0.2) is 0 Å². The van der Waals surface area contributed by atoms with Crippen molar-refractivity contribution in [2.24, 2.45) is 0 Å². The average Bonchev–Trinajstić information content (AvgIpc) is 2.93. The number of aliphatic hydroxyl groups is 1. The minimum atomic E-state index is -0.422. The molecule has 0 bridgehead atoms. The van der Waals surface area contributed by atoms with Gasteiger partial charge in [0.1, 0.15) is 0 Å². The standard InChI is InChI=1S/C14H20N2O3/c1-2-15(12-5-3-4-6-12)14-8-7-13(16(18)19)9-11(14)10-17/h7-9,12,17H,2-6,10H2,1H3. The normalized spacial score (nSPS) is 15.7. The first-order valence-electron chi connectivity index (χ1n) is 6.82. The van der Waals surface area contributed by atoms with Gasteiger partial charge in [-0.05, 0) is 25.8 Å². The van der Waals surface area contributed by atoms with E-state index in [-0.39, 0.29) is 12.3 Å². The Kier molecular flexibility index (Phi) is 4.37. The van der Waals surface area contributed by atoms with Crippen molar-refractivity contribution in [2.45, 2.75) is 45.3 Å². The van der Waals surface area contributed by atoms with Gasteiger partial charge in [-0.15, -0.1) is 0 Å².